The lowest BCUT2D eigenvalue weighted by molar-refractivity contribution is 0.103. The molecule has 0 spiro atoms. The Morgan fingerprint density at radius 1 is 1.07 bits per heavy atom. The van der Waals surface area contributed by atoms with Crippen LogP contribution in [0.15, 0.2) is 48.5 Å². The molecule has 0 aromatic heterocycles. The quantitative estimate of drug-likeness (QED) is 0.464. The van der Waals surface area contributed by atoms with Gasteiger partial charge in [-0.05, 0) is 32.4 Å². The molecular weight excluding hydrogens is 360 g/mol. The molecule has 0 aliphatic carbocycles. The second kappa shape index (κ2) is 10.9. The number of hydrogen-bond acceptors (Lipinski definition) is 5. The van der Waals surface area contributed by atoms with Gasteiger partial charge in [-0.3, -0.25) is 4.79 Å². The normalized spacial score (nSPS) is 12.1. The Kier molecular flexibility index (Phi) is 8.51. The zero-order chi connectivity index (χ0) is 19.6. The Labute approximate surface area is 162 Å². The van der Waals surface area contributed by atoms with Crippen molar-refractivity contribution >= 4 is 15.1 Å². The standard InChI is InChI=1S/C21H28O5Si/c1-4-25-27(26-5-2)16(3)13-14-24-18-11-12-19(20(22)15-18)21(23)17-9-7-6-8-10-17/h6-12,15-16,22,27H,4-5,13-14H2,1-3H3. The predicted molar refractivity (Wildman–Crippen MR) is 108 cm³/mol. The van der Waals surface area contributed by atoms with E-state index in [1.165, 1.54) is 6.07 Å². The van der Waals surface area contributed by atoms with Crippen LogP contribution in [0.25, 0.3) is 0 Å². The molecule has 0 heterocycles. The summed E-state index contributed by atoms with van der Waals surface area (Å²) in [4.78, 5) is 12.5. The number of carbonyl (C=O) groups is 1. The first-order valence-corrected chi connectivity index (χ1v) is 11.0. The van der Waals surface area contributed by atoms with Gasteiger partial charge in [0, 0.05) is 30.4 Å². The number of ketones is 1. The van der Waals surface area contributed by atoms with Crippen LogP contribution in [0.4, 0.5) is 0 Å². The van der Waals surface area contributed by atoms with E-state index < -0.39 is 9.28 Å². The summed E-state index contributed by atoms with van der Waals surface area (Å²) in [5.74, 6) is 0.246. The summed E-state index contributed by atoms with van der Waals surface area (Å²) in [6.07, 6.45) is 0.808. The van der Waals surface area contributed by atoms with E-state index >= 15 is 0 Å². The fourth-order valence-corrected chi connectivity index (χ4v) is 4.56. The average molecular weight is 389 g/mol. The summed E-state index contributed by atoms with van der Waals surface area (Å²) in [5.41, 5.74) is 1.12. The molecule has 0 amide bonds. The van der Waals surface area contributed by atoms with Crippen LogP contribution in [-0.2, 0) is 8.85 Å². The van der Waals surface area contributed by atoms with Gasteiger partial charge in [0.05, 0.1) is 12.2 Å². The van der Waals surface area contributed by atoms with E-state index in [1.807, 2.05) is 19.9 Å². The maximum Gasteiger partial charge on any atom is 0.324 e. The highest BCUT2D eigenvalue weighted by Crippen LogP contribution is 2.26. The van der Waals surface area contributed by atoms with Crippen molar-refractivity contribution in [2.75, 3.05) is 19.8 Å². The van der Waals surface area contributed by atoms with E-state index in [9.17, 15) is 9.90 Å². The van der Waals surface area contributed by atoms with Crippen LogP contribution >= 0.6 is 0 Å². The molecular formula is C21H28O5Si. The van der Waals surface area contributed by atoms with Crippen LogP contribution in [0, 0.1) is 0 Å². The molecule has 1 atom stereocenters. The Morgan fingerprint density at radius 3 is 2.33 bits per heavy atom. The fraction of sp³-hybridized carbons (Fsp3) is 0.381. The molecule has 1 unspecified atom stereocenters. The zero-order valence-corrected chi connectivity index (χ0v) is 17.3. The number of benzene rings is 2. The number of aromatic hydroxyl groups is 1. The minimum atomic E-state index is -1.69. The van der Waals surface area contributed by atoms with Gasteiger partial charge in [0.2, 0.25) is 0 Å². The predicted octanol–water partition coefficient (Wildman–Crippen LogP) is 4.08. The fourth-order valence-electron chi connectivity index (χ4n) is 2.74. The minimum absolute atomic E-state index is 0.0784. The van der Waals surface area contributed by atoms with Gasteiger partial charge >= 0.3 is 9.28 Å². The molecule has 2 rings (SSSR count). The summed E-state index contributed by atoms with van der Waals surface area (Å²) >= 11 is 0. The highest BCUT2D eigenvalue weighted by Gasteiger charge is 2.21. The molecule has 0 aliphatic rings. The van der Waals surface area contributed by atoms with E-state index in [2.05, 4.69) is 6.92 Å². The van der Waals surface area contributed by atoms with Gasteiger partial charge in [-0.15, -0.1) is 0 Å². The van der Waals surface area contributed by atoms with Crippen LogP contribution < -0.4 is 4.74 Å². The molecule has 2 aromatic carbocycles. The maximum absolute atomic E-state index is 12.5. The molecule has 27 heavy (non-hydrogen) atoms. The Morgan fingerprint density at radius 2 is 1.74 bits per heavy atom. The van der Waals surface area contributed by atoms with Gasteiger partial charge in [-0.25, -0.2) is 0 Å². The molecule has 0 bridgehead atoms. The van der Waals surface area contributed by atoms with Crippen molar-refractivity contribution in [3.63, 3.8) is 0 Å². The lowest BCUT2D eigenvalue weighted by Crippen LogP contribution is -2.28. The van der Waals surface area contributed by atoms with Crippen molar-refractivity contribution in [3.05, 3.63) is 59.7 Å². The number of carbonyl (C=O) groups excluding carboxylic acids is 1. The van der Waals surface area contributed by atoms with Crippen molar-refractivity contribution in [2.24, 2.45) is 0 Å². The van der Waals surface area contributed by atoms with Crippen LogP contribution in [0.5, 0.6) is 11.5 Å². The van der Waals surface area contributed by atoms with Gasteiger partial charge < -0.3 is 18.7 Å². The summed E-state index contributed by atoms with van der Waals surface area (Å²) in [7, 11) is -1.69. The van der Waals surface area contributed by atoms with Gasteiger partial charge in [-0.2, -0.15) is 0 Å². The molecule has 2 aromatic rings. The summed E-state index contributed by atoms with van der Waals surface area (Å²) in [5, 5.41) is 10.2. The van der Waals surface area contributed by atoms with Crippen LogP contribution in [0.3, 0.4) is 0 Å². The highest BCUT2D eigenvalue weighted by atomic mass is 28.3. The first-order valence-electron chi connectivity index (χ1n) is 9.35. The van der Waals surface area contributed by atoms with Gasteiger partial charge in [0.1, 0.15) is 11.5 Å². The average Bonchev–Trinajstić information content (AvgIpc) is 2.68. The third-order valence-corrected chi connectivity index (χ3v) is 6.80. The zero-order valence-electron chi connectivity index (χ0n) is 16.2. The van der Waals surface area contributed by atoms with E-state index in [0.717, 1.165) is 6.42 Å². The minimum Gasteiger partial charge on any atom is -0.507 e. The molecule has 5 nitrogen and oxygen atoms in total. The molecule has 0 saturated heterocycles. The van der Waals surface area contributed by atoms with Crippen LogP contribution in [0.1, 0.15) is 43.1 Å². The monoisotopic (exact) mass is 388 g/mol. The van der Waals surface area contributed by atoms with Crippen molar-refractivity contribution in [1.82, 2.24) is 0 Å². The highest BCUT2D eigenvalue weighted by molar-refractivity contribution is 6.46. The third-order valence-electron chi connectivity index (χ3n) is 4.22. The Hall–Kier alpha value is -2.15. The number of phenolic OH excluding ortho intramolecular Hbond substituents is 1. The van der Waals surface area contributed by atoms with Crippen LogP contribution in [-0.4, -0.2) is 40.0 Å². The third kappa shape index (κ3) is 6.20. The van der Waals surface area contributed by atoms with Crippen molar-refractivity contribution in [2.45, 2.75) is 32.7 Å². The smallest absolute Gasteiger partial charge is 0.324 e. The van der Waals surface area contributed by atoms with Gasteiger partial charge in [-0.1, -0.05) is 37.3 Å². The number of hydrogen-bond donors (Lipinski definition) is 1. The summed E-state index contributed by atoms with van der Waals surface area (Å²) in [6, 6.07) is 13.7. The first kappa shape index (κ1) is 21.2. The molecule has 6 heteroatoms. The lowest BCUT2D eigenvalue weighted by Gasteiger charge is -2.21. The molecule has 0 radical (unpaired) electrons. The van der Waals surface area contributed by atoms with E-state index in [0.29, 0.717) is 36.7 Å². The molecule has 1 N–H and O–H groups in total. The lowest BCUT2D eigenvalue weighted by atomic mass is 10.0. The largest absolute Gasteiger partial charge is 0.507 e. The number of rotatable bonds is 11. The van der Waals surface area contributed by atoms with Crippen molar-refractivity contribution in [3.8, 4) is 11.5 Å². The van der Waals surface area contributed by atoms with E-state index in [1.54, 1.807) is 36.4 Å². The number of phenols is 1. The van der Waals surface area contributed by atoms with Gasteiger partial charge in [0.25, 0.3) is 0 Å². The second-order valence-electron chi connectivity index (χ2n) is 6.27. The summed E-state index contributed by atoms with van der Waals surface area (Å²) < 4.78 is 17.2. The topological polar surface area (TPSA) is 65.0 Å². The molecule has 146 valence electrons. The Balaban J connectivity index is 1.93. The van der Waals surface area contributed by atoms with E-state index in [4.69, 9.17) is 13.6 Å². The molecule has 0 aliphatic heterocycles. The van der Waals surface area contributed by atoms with Crippen LogP contribution in [0.2, 0.25) is 5.54 Å². The second-order valence-corrected chi connectivity index (χ2v) is 8.81. The molecule has 0 saturated carbocycles. The van der Waals surface area contributed by atoms with Crippen molar-refractivity contribution in [1.29, 1.82) is 0 Å². The first-order chi connectivity index (χ1) is 13.1. The number of ether oxygens (including phenoxy) is 1. The van der Waals surface area contributed by atoms with E-state index in [-0.39, 0.29) is 17.1 Å². The Bertz CT molecular complexity index is 714. The summed E-state index contributed by atoms with van der Waals surface area (Å²) in [6.45, 7) is 7.88. The SMILES string of the molecule is CCO[SiH](OCC)C(C)CCOc1ccc(C(=O)c2ccccc2)c(O)c1. The molecule has 0 fully saturated rings. The van der Waals surface area contributed by atoms with Gasteiger partial charge in [0.15, 0.2) is 5.78 Å². The maximum atomic E-state index is 12.5. The van der Waals surface area contributed by atoms with Crippen molar-refractivity contribution < 1.29 is 23.5 Å².